The second-order valence-corrected chi connectivity index (χ2v) is 8.63. The first-order valence-electron chi connectivity index (χ1n) is 10.1. The highest BCUT2D eigenvalue weighted by atomic mass is 19.2. The molecule has 0 unspecified atom stereocenters. The maximum Gasteiger partial charge on any atom is 0.228 e. The van der Waals surface area contributed by atoms with Gasteiger partial charge in [0, 0.05) is 38.7 Å². The second kappa shape index (κ2) is 7.44. The molecule has 2 aromatic heterocycles. The summed E-state index contributed by atoms with van der Waals surface area (Å²) in [6.07, 6.45) is 0. The van der Waals surface area contributed by atoms with Crippen LogP contribution in [0.2, 0.25) is 0 Å². The Morgan fingerprint density at radius 1 is 1.10 bits per heavy atom. The zero-order valence-electron chi connectivity index (χ0n) is 18.0. The van der Waals surface area contributed by atoms with E-state index in [1.807, 2.05) is 25.7 Å². The van der Waals surface area contributed by atoms with Crippen molar-refractivity contribution < 1.29 is 13.6 Å². The quantitative estimate of drug-likeness (QED) is 0.673. The van der Waals surface area contributed by atoms with E-state index in [1.165, 1.54) is 19.1 Å². The molecule has 1 fully saturated rings. The molecule has 0 aliphatic carbocycles. The van der Waals surface area contributed by atoms with Crippen molar-refractivity contribution in [2.24, 2.45) is 0 Å². The molecule has 31 heavy (non-hydrogen) atoms. The minimum absolute atomic E-state index is 0.00354. The van der Waals surface area contributed by atoms with Crippen LogP contribution in [0.15, 0.2) is 18.2 Å². The molecule has 1 aliphatic heterocycles. The third kappa shape index (κ3) is 3.66. The number of carbonyl (C=O) groups excluding carboxylic acids is 1. The molecule has 1 aromatic carbocycles. The molecule has 3 heterocycles. The maximum atomic E-state index is 14.7. The van der Waals surface area contributed by atoms with Crippen molar-refractivity contribution in [1.29, 1.82) is 0 Å². The van der Waals surface area contributed by atoms with Gasteiger partial charge in [0.2, 0.25) is 11.9 Å². The Balaban J connectivity index is 1.90. The molecule has 8 nitrogen and oxygen atoms in total. The number of halogens is 2. The monoisotopic (exact) mass is 429 g/mol. The first kappa shape index (κ1) is 21.0. The SMILES string of the molecule is CC(=O)N1CCN(c2nc(-c3cccc(F)c3F)c3c(N)n(C(C)(C)C)nc3n2)CC1. The van der Waals surface area contributed by atoms with Crippen molar-refractivity contribution in [2.45, 2.75) is 33.2 Å². The molecule has 0 atom stereocenters. The Morgan fingerprint density at radius 3 is 2.39 bits per heavy atom. The van der Waals surface area contributed by atoms with Crippen LogP contribution < -0.4 is 10.6 Å². The first-order chi connectivity index (χ1) is 14.6. The van der Waals surface area contributed by atoms with E-state index in [4.69, 9.17) is 5.73 Å². The summed E-state index contributed by atoms with van der Waals surface area (Å²) < 4.78 is 30.4. The van der Waals surface area contributed by atoms with Crippen molar-refractivity contribution in [1.82, 2.24) is 24.6 Å². The normalized spacial score (nSPS) is 15.0. The van der Waals surface area contributed by atoms with Gasteiger partial charge in [0.15, 0.2) is 17.3 Å². The molecule has 0 saturated carbocycles. The lowest BCUT2D eigenvalue weighted by molar-refractivity contribution is -0.129. The van der Waals surface area contributed by atoms with Gasteiger partial charge in [-0.3, -0.25) is 4.79 Å². The van der Waals surface area contributed by atoms with E-state index in [1.54, 1.807) is 9.58 Å². The van der Waals surface area contributed by atoms with Crippen LogP contribution >= 0.6 is 0 Å². The number of amides is 1. The van der Waals surface area contributed by atoms with Crippen molar-refractivity contribution >= 4 is 28.7 Å². The van der Waals surface area contributed by atoms with Gasteiger partial charge >= 0.3 is 0 Å². The number of hydrogen-bond acceptors (Lipinski definition) is 6. The Kier molecular flexibility index (Phi) is 5.03. The number of carbonyl (C=O) groups is 1. The van der Waals surface area contributed by atoms with Gasteiger partial charge in [-0.05, 0) is 32.9 Å². The average Bonchev–Trinajstić information content (AvgIpc) is 3.06. The van der Waals surface area contributed by atoms with Crippen LogP contribution in [0.3, 0.4) is 0 Å². The zero-order valence-corrected chi connectivity index (χ0v) is 18.0. The lowest BCUT2D eigenvalue weighted by Gasteiger charge is -2.34. The molecule has 10 heteroatoms. The number of benzene rings is 1. The molecule has 1 aliphatic rings. The average molecular weight is 429 g/mol. The fraction of sp³-hybridized carbons (Fsp3) is 0.429. The number of nitrogens with zero attached hydrogens (tertiary/aromatic N) is 6. The maximum absolute atomic E-state index is 14.7. The van der Waals surface area contributed by atoms with Gasteiger partial charge in [-0.25, -0.2) is 18.4 Å². The van der Waals surface area contributed by atoms with E-state index in [0.717, 1.165) is 6.07 Å². The first-order valence-corrected chi connectivity index (χ1v) is 10.1. The third-order valence-corrected chi connectivity index (χ3v) is 5.41. The molecule has 0 bridgehead atoms. The summed E-state index contributed by atoms with van der Waals surface area (Å²) in [6.45, 7) is 9.44. The van der Waals surface area contributed by atoms with Crippen LogP contribution in [-0.4, -0.2) is 56.7 Å². The van der Waals surface area contributed by atoms with Gasteiger partial charge in [0.05, 0.1) is 16.6 Å². The number of aromatic nitrogens is 4. The number of fused-ring (bicyclic) bond motifs is 1. The topological polar surface area (TPSA) is 93.2 Å². The highest BCUT2D eigenvalue weighted by Crippen LogP contribution is 2.36. The highest BCUT2D eigenvalue weighted by Gasteiger charge is 2.28. The molecular formula is C21H25F2N7O. The summed E-state index contributed by atoms with van der Waals surface area (Å²) in [5.41, 5.74) is 6.43. The Morgan fingerprint density at radius 2 is 1.77 bits per heavy atom. The van der Waals surface area contributed by atoms with Crippen molar-refractivity contribution in [3.8, 4) is 11.3 Å². The molecular weight excluding hydrogens is 404 g/mol. The molecule has 2 N–H and O–H groups in total. The van der Waals surface area contributed by atoms with E-state index < -0.39 is 17.2 Å². The van der Waals surface area contributed by atoms with Gasteiger partial charge < -0.3 is 15.5 Å². The number of piperazine rings is 1. The van der Waals surface area contributed by atoms with Crippen LogP contribution in [0.4, 0.5) is 20.5 Å². The van der Waals surface area contributed by atoms with E-state index in [2.05, 4.69) is 15.1 Å². The Bertz CT molecular complexity index is 1160. The molecule has 4 rings (SSSR count). The van der Waals surface area contributed by atoms with Crippen LogP contribution in [-0.2, 0) is 10.3 Å². The van der Waals surface area contributed by atoms with Gasteiger partial charge in [-0.1, -0.05) is 6.07 Å². The summed E-state index contributed by atoms with van der Waals surface area (Å²) in [4.78, 5) is 24.5. The fourth-order valence-corrected chi connectivity index (χ4v) is 3.76. The smallest absolute Gasteiger partial charge is 0.228 e. The van der Waals surface area contributed by atoms with Crippen LogP contribution in [0.25, 0.3) is 22.3 Å². The predicted octanol–water partition coefficient (Wildman–Crippen LogP) is 2.78. The van der Waals surface area contributed by atoms with Crippen molar-refractivity contribution in [3.63, 3.8) is 0 Å². The minimum Gasteiger partial charge on any atom is -0.383 e. The molecule has 1 amide bonds. The summed E-state index contributed by atoms with van der Waals surface area (Å²) in [5.74, 6) is -1.34. The van der Waals surface area contributed by atoms with Crippen LogP contribution in [0, 0.1) is 11.6 Å². The number of rotatable bonds is 2. The lowest BCUT2D eigenvalue weighted by Crippen LogP contribution is -2.48. The van der Waals surface area contributed by atoms with E-state index in [0.29, 0.717) is 43.2 Å². The second-order valence-electron chi connectivity index (χ2n) is 8.63. The molecule has 0 spiro atoms. The zero-order chi connectivity index (χ0) is 22.5. The molecule has 0 radical (unpaired) electrons. The van der Waals surface area contributed by atoms with Gasteiger partial charge in [0.1, 0.15) is 5.82 Å². The number of nitrogens with two attached hydrogens (primary N) is 1. The van der Waals surface area contributed by atoms with Gasteiger partial charge in [-0.2, -0.15) is 4.98 Å². The lowest BCUT2D eigenvalue weighted by atomic mass is 10.1. The van der Waals surface area contributed by atoms with Gasteiger partial charge in [-0.15, -0.1) is 5.10 Å². The summed E-state index contributed by atoms with van der Waals surface area (Å²) in [7, 11) is 0. The summed E-state index contributed by atoms with van der Waals surface area (Å²) in [6, 6.07) is 3.95. The van der Waals surface area contributed by atoms with E-state index in [-0.39, 0.29) is 23.0 Å². The van der Waals surface area contributed by atoms with E-state index >= 15 is 0 Å². The van der Waals surface area contributed by atoms with Gasteiger partial charge in [0.25, 0.3) is 0 Å². The minimum atomic E-state index is -1.00. The Hall–Kier alpha value is -3.30. The molecule has 1 saturated heterocycles. The number of anilines is 2. The molecule has 164 valence electrons. The Labute approximate surface area is 178 Å². The van der Waals surface area contributed by atoms with Crippen molar-refractivity contribution in [3.05, 3.63) is 29.8 Å². The predicted molar refractivity (Wildman–Crippen MR) is 115 cm³/mol. The largest absolute Gasteiger partial charge is 0.383 e. The highest BCUT2D eigenvalue weighted by molar-refractivity contribution is 5.99. The number of nitrogen functional groups attached to an aromatic ring is 1. The van der Waals surface area contributed by atoms with Crippen LogP contribution in [0.5, 0.6) is 0 Å². The summed E-state index contributed by atoms with van der Waals surface area (Å²) >= 11 is 0. The van der Waals surface area contributed by atoms with Crippen LogP contribution in [0.1, 0.15) is 27.7 Å². The standard InChI is InChI=1S/C21H25F2N7O/c1-12(31)28-8-10-29(11-9-28)20-25-17(13-6-5-7-14(22)16(13)23)15-18(24)30(21(2,3)4)27-19(15)26-20/h5-7H,8-11,24H2,1-4H3. The third-order valence-electron chi connectivity index (χ3n) is 5.41. The summed E-state index contributed by atoms with van der Waals surface area (Å²) in [5, 5.41) is 4.93. The fourth-order valence-electron chi connectivity index (χ4n) is 3.76. The molecule has 3 aromatic rings. The van der Waals surface area contributed by atoms with Crippen molar-refractivity contribution in [2.75, 3.05) is 36.8 Å². The number of hydrogen-bond donors (Lipinski definition) is 1. The van der Waals surface area contributed by atoms with E-state index in [9.17, 15) is 13.6 Å².